The van der Waals surface area contributed by atoms with Crippen molar-refractivity contribution in [3.05, 3.63) is 76.8 Å². The quantitative estimate of drug-likeness (QED) is 0.506. The number of sulfonamides is 1. The van der Waals surface area contributed by atoms with Gasteiger partial charge < -0.3 is 5.32 Å². The van der Waals surface area contributed by atoms with Gasteiger partial charge >= 0.3 is 0 Å². The largest absolute Gasteiger partial charge is 0.325 e. The monoisotopic (exact) mass is 399 g/mol. The molecule has 0 saturated carbocycles. The van der Waals surface area contributed by atoms with Gasteiger partial charge in [-0.25, -0.2) is 8.42 Å². The third-order valence-electron chi connectivity index (χ3n) is 4.16. The fourth-order valence-corrected chi connectivity index (χ4v) is 3.83. The first-order valence-electron chi connectivity index (χ1n) is 8.27. The third-order valence-corrected chi connectivity index (χ3v) is 5.96. The molecule has 0 fully saturated rings. The van der Waals surface area contributed by atoms with Crippen LogP contribution in [0.3, 0.4) is 0 Å². The van der Waals surface area contributed by atoms with Crippen LogP contribution in [0.1, 0.15) is 0 Å². The molecule has 9 heteroatoms. The highest BCUT2D eigenvalue weighted by atomic mass is 32.2. The van der Waals surface area contributed by atoms with Crippen LogP contribution in [0.2, 0.25) is 0 Å². The Labute approximate surface area is 161 Å². The Morgan fingerprint density at radius 2 is 1.68 bits per heavy atom. The van der Waals surface area contributed by atoms with Crippen LogP contribution in [0.4, 0.5) is 11.4 Å². The number of fused-ring (bicyclic) bond motifs is 1. The fraction of sp³-hybridized carbons (Fsp3) is 0.105. The molecule has 0 aliphatic carbocycles. The highest BCUT2D eigenvalue weighted by molar-refractivity contribution is 7.89. The molecule has 0 aliphatic rings. The first-order valence-corrected chi connectivity index (χ1v) is 9.71. The van der Waals surface area contributed by atoms with E-state index in [9.17, 15) is 23.3 Å². The molecule has 0 aromatic heterocycles. The van der Waals surface area contributed by atoms with Crippen LogP contribution in [-0.2, 0) is 14.8 Å². The molecule has 28 heavy (non-hydrogen) atoms. The topological polar surface area (TPSA) is 110 Å². The molecule has 3 aromatic rings. The minimum Gasteiger partial charge on any atom is -0.325 e. The normalized spacial score (nSPS) is 11.5. The number of non-ortho nitro benzene ring substituents is 1. The molecular formula is C19H17N3O5S. The van der Waals surface area contributed by atoms with E-state index in [1.807, 2.05) is 24.3 Å². The second-order valence-electron chi connectivity index (χ2n) is 6.12. The number of benzene rings is 3. The lowest BCUT2D eigenvalue weighted by molar-refractivity contribution is -0.384. The van der Waals surface area contributed by atoms with Gasteiger partial charge in [0, 0.05) is 24.9 Å². The van der Waals surface area contributed by atoms with Crippen LogP contribution in [0, 0.1) is 10.1 Å². The number of carbonyl (C=O) groups is 1. The van der Waals surface area contributed by atoms with Crippen LogP contribution in [0.25, 0.3) is 10.8 Å². The number of amides is 1. The summed E-state index contributed by atoms with van der Waals surface area (Å²) in [7, 11) is -2.53. The Morgan fingerprint density at radius 1 is 1.04 bits per heavy atom. The second-order valence-corrected chi connectivity index (χ2v) is 8.17. The molecule has 3 rings (SSSR count). The van der Waals surface area contributed by atoms with Gasteiger partial charge in [0.05, 0.1) is 16.4 Å². The van der Waals surface area contributed by atoms with Gasteiger partial charge in [-0.1, -0.05) is 30.3 Å². The van der Waals surface area contributed by atoms with E-state index in [-0.39, 0.29) is 10.6 Å². The number of nitrogens with zero attached hydrogens (tertiary/aromatic N) is 2. The Morgan fingerprint density at radius 3 is 2.32 bits per heavy atom. The maximum Gasteiger partial charge on any atom is 0.269 e. The zero-order chi connectivity index (χ0) is 20.3. The van der Waals surface area contributed by atoms with Crippen LogP contribution >= 0.6 is 0 Å². The summed E-state index contributed by atoms with van der Waals surface area (Å²) in [5.74, 6) is -0.555. The van der Waals surface area contributed by atoms with Crippen molar-refractivity contribution < 1.29 is 18.1 Å². The molecule has 0 radical (unpaired) electrons. The van der Waals surface area contributed by atoms with Gasteiger partial charge in [0.2, 0.25) is 15.9 Å². The lowest BCUT2D eigenvalue weighted by atomic mass is 10.1. The summed E-state index contributed by atoms with van der Waals surface area (Å²) in [4.78, 5) is 22.4. The molecule has 0 heterocycles. The number of carbonyl (C=O) groups excluding carboxylic acids is 1. The number of hydrogen-bond acceptors (Lipinski definition) is 5. The number of rotatable bonds is 6. The van der Waals surface area contributed by atoms with E-state index in [0.29, 0.717) is 5.69 Å². The number of hydrogen-bond donors (Lipinski definition) is 1. The summed E-state index contributed by atoms with van der Waals surface area (Å²) in [6.45, 7) is -0.397. The van der Waals surface area contributed by atoms with Crippen molar-refractivity contribution in [2.24, 2.45) is 0 Å². The van der Waals surface area contributed by atoms with Gasteiger partial charge in [-0.05, 0) is 35.0 Å². The molecule has 1 amide bonds. The summed E-state index contributed by atoms with van der Waals surface area (Å²) in [6.07, 6.45) is 0. The van der Waals surface area contributed by atoms with E-state index in [0.717, 1.165) is 15.1 Å². The molecule has 0 saturated heterocycles. The summed E-state index contributed by atoms with van der Waals surface area (Å²) < 4.78 is 26.5. The number of anilines is 1. The Balaban J connectivity index is 1.71. The van der Waals surface area contributed by atoms with E-state index in [1.54, 1.807) is 12.1 Å². The van der Waals surface area contributed by atoms with E-state index < -0.39 is 27.4 Å². The minimum absolute atomic E-state index is 0.0943. The second kappa shape index (κ2) is 7.75. The van der Waals surface area contributed by atoms with E-state index in [2.05, 4.69) is 5.32 Å². The van der Waals surface area contributed by atoms with Gasteiger partial charge in [-0.3, -0.25) is 14.9 Å². The van der Waals surface area contributed by atoms with Gasteiger partial charge in [0.15, 0.2) is 0 Å². The van der Waals surface area contributed by atoms with Crippen LogP contribution in [0.15, 0.2) is 71.6 Å². The first-order chi connectivity index (χ1) is 13.3. The summed E-state index contributed by atoms with van der Waals surface area (Å²) >= 11 is 0. The average molecular weight is 399 g/mol. The van der Waals surface area contributed by atoms with E-state index >= 15 is 0 Å². The zero-order valence-corrected chi connectivity index (χ0v) is 15.7. The zero-order valence-electron chi connectivity index (χ0n) is 14.9. The van der Waals surface area contributed by atoms with Crippen molar-refractivity contribution in [3.8, 4) is 0 Å². The lowest BCUT2D eigenvalue weighted by Gasteiger charge is -2.17. The smallest absolute Gasteiger partial charge is 0.269 e. The van der Waals surface area contributed by atoms with Crippen molar-refractivity contribution in [3.63, 3.8) is 0 Å². The highest BCUT2D eigenvalue weighted by Crippen LogP contribution is 2.21. The number of nitrogens with one attached hydrogen (secondary N) is 1. The molecule has 8 nitrogen and oxygen atoms in total. The Hall–Kier alpha value is -3.30. The molecule has 0 atom stereocenters. The minimum atomic E-state index is -3.85. The maximum absolute atomic E-state index is 12.8. The van der Waals surface area contributed by atoms with E-state index in [4.69, 9.17) is 0 Å². The molecule has 3 aromatic carbocycles. The molecule has 0 aliphatic heterocycles. The lowest BCUT2D eigenvalue weighted by Crippen LogP contribution is -2.34. The highest BCUT2D eigenvalue weighted by Gasteiger charge is 2.23. The fourth-order valence-electron chi connectivity index (χ4n) is 2.66. The summed E-state index contributed by atoms with van der Waals surface area (Å²) in [6, 6.07) is 17.4. The Kier molecular flexibility index (Phi) is 5.39. The SMILES string of the molecule is CN(CC(=O)Nc1ccc([N+](=O)[O-])cc1)S(=O)(=O)c1ccc2ccccc2c1. The van der Waals surface area contributed by atoms with Crippen molar-refractivity contribution in [1.82, 2.24) is 4.31 Å². The average Bonchev–Trinajstić information content (AvgIpc) is 2.67. The molecule has 0 unspecified atom stereocenters. The van der Waals surface area contributed by atoms with Crippen LogP contribution in [0.5, 0.6) is 0 Å². The predicted octanol–water partition coefficient (Wildman–Crippen LogP) is 3.01. The number of likely N-dealkylation sites (N-methyl/N-ethyl adjacent to an activating group) is 1. The molecule has 144 valence electrons. The summed E-state index contributed by atoms with van der Waals surface area (Å²) in [5, 5.41) is 14.9. The van der Waals surface area contributed by atoms with Crippen LogP contribution in [-0.4, -0.2) is 37.1 Å². The van der Waals surface area contributed by atoms with E-state index in [1.165, 1.54) is 37.4 Å². The molecule has 0 spiro atoms. The van der Waals surface area contributed by atoms with Gasteiger partial charge in [0.1, 0.15) is 0 Å². The first kappa shape index (κ1) is 19.5. The predicted molar refractivity (Wildman–Crippen MR) is 105 cm³/mol. The molecule has 0 bridgehead atoms. The third kappa shape index (κ3) is 4.16. The molecular weight excluding hydrogens is 382 g/mol. The summed E-state index contributed by atoms with van der Waals surface area (Å²) in [5.41, 5.74) is 0.237. The van der Waals surface area contributed by atoms with Crippen molar-refractivity contribution in [2.75, 3.05) is 18.9 Å². The van der Waals surface area contributed by atoms with Gasteiger partial charge in [0.25, 0.3) is 5.69 Å². The Bertz CT molecular complexity index is 1140. The van der Waals surface area contributed by atoms with Crippen molar-refractivity contribution in [1.29, 1.82) is 0 Å². The van der Waals surface area contributed by atoms with Crippen molar-refractivity contribution >= 4 is 38.1 Å². The van der Waals surface area contributed by atoms with Gasteiger partial charge in [-0.2, -0.15) is 4.31 Å². The number of nitro benzene ring substituents is 1. The number of nitro groups is 1. The molecule has 1 N–H and O–H groups in total. The maximum atomic E-state index is 12.8. The standard InChI is InChI=1S/C19H17N3O5S/c1-21(13-19(23)20-16-7-9-17(10-8-16)22(24)25)28(26,27)18-11-6-14-4-2-3-5-15(14)12-18/h2-12H,13H2,1H3,(H,20,23). The van der Waals surface area contributed by atoms with Crippen LogP contribution < -0.4 is 5.32 Å². The van der Waals surface area contributed by atoms with Crippen molar-refractivity contribution in [2.45, 2.75) is 4.90 Å². The van der Waals surface area contributed by atoms with Gasteiger partial charge in [-0.15, -0.1) is 0 Å².